The summed E-state index contributed by atoms with van der Waals surface area (Å²) in [5.41, 5.74) is 1.51. The average molecular weight is 444 g/mol. The highest BCUT2D eigenvalue weighted by Gasteiger charge is 2.26. The van der Waals surface area contributed by atoms with Gasteiger partial charge in [0, 0.05) is 63.1 Å². The van der Waals surface area contributed by atoms with Crippen molar-refractivity contribution in [3.63, 3.8) is 0 Å². The van der Waals surface area contributed by atoms with Crippen molar-refractivity contribution in [3.8, 4) is 0 Å². The molecule has 0 atom stereocenters. The minimum absolute atomic E-state index is 0.147. The molecule has 4 heterocycles. The summed E-state index contributed by atoms with van der Waals surface area (Å²) in [7, 11) is 0. The van der Waals surface area contributed by atoms with Crippen molar-refractivity contribution in [2.24, 2.45) is 0 Å². The highest BCUT2D eigenvalue weighted by Crippen LogP contribution is 2.28. The summed E-state index contributed by atoms with van der Waals surface area (Å²) in [6, 6.07) is 1.88. The van der Waals surface area contributed by atoms with E-state index in [2.05, 4.69) is 24.7 Å². The van der Waals surface area contributed by atoms with Crippen molar-refractivity contribution in [1.82, 2.24) is 14.9 Å². The van der Waals surface area contributed by atoms with Crippen LogP contribution in [0.25, 0.3) is 0 Å². The number of piperidine rings is 1. The monoisotopic (exact) mass is 443 g/mol. The molecular weight excluding hydrogens is 410 g/mol. The van der Waals surface area contributed by atoms with Gasteiger partial charge in [-0.1, -0.05) is 0 Å². The Morgan fingerprint density at radius 3 is 2.52 bits per heavy atom. The summed E-state index contributed by atoms with van der Waals surface area (Å²) >= 11 is 1.83. The second-order valence-corrected chi connectivity index (χ2v) is 9.79. The van der Waals surface area contributed by atoms with Gasteiger partial charge in [0.1, 0.15) is 11.4 Å². The molecule has 0 aliphatic carbocycles. The molecule has 2 saturated heterocycles. The number of hydrogen-bond acceptors (Lipinski definition) is 8. The maximum atomic E-state index is 12.7. The fourth-order valence-corrected chi connectivity index (χ4v) is 5.25. The number of aryl methyl sites for hydroxylation is 1. The molecule has 0 bridgehead atoms. The molecule has 8 heteroatoms. The number of carbonyl (C=O) groups is 1. The van der Waals surface area contributed by atoms with Gasteiger partial charge in [-0.3, -0.25) is 4.90 Å². The number of anilines is 2. The van der Waals surface area contributed by atoms with Crippen molar-refractivity contribution in [1.29, 1.82) is 0 Å². The van der Waals surface area contributed by atoms with Crippen molar-refractivity contribution in [2.45, 2.75) is 52.7 Å². The number of rotatable bonds is 6. The fourth-order valence-electron chi connectivity index (χ4n) is 4.25. The molecular formula is C23H33N5O2S. The number of nitrogens with zero attached hydrogens (tertiary/aromatic N) is 5. The molecule has 0 amide bonds. The summed E-state index contributed by atoms with van der Waals surface area (Å²) in [4.78, 5) is 30.3. The number of thiazole rings is 1. The van der Waals surface area contributed by atoms with Gasteiger partial charge in [0.05, 0.1) is 6.10 Å². The smallest absolute Gasteiger partial charge is 0.342 e. The second-order valence-electron chi connectivity index (χ2n) is 8.70. The molecule has 0 radical (unpaired) electrons. The Morgan fingerprint density at radius 2 is 1.81 bits per heavy atom. The van der Waals surface area contributed by atoms with E-state index in [0.717, 1.165) is 57.2 Å². The van der Waals surface area contributed by atoms with Gasteiger partial charge in [-0.05, 0) is 51.7 Å². The number of carbonyl (C=O) groups excluding carboxylic acids is 1. The van der Waals surface area contributed by atoms with E-state index in [-0.39, 0.29) is 12.1 Å². The van der Waals surface area contributed by atoms with Gasteiger partial charge in [0.25, 0.3) is 0 Å². The first-order valence-corrected chi connectivity index (χ1v) is 12.2. The summed E-state index contributed by atoms with van der Waals surface area (Å²) in [6.07, 6.45) is 7.57. The third-order valence-corrected chi connectivity index (χ3v) is 6.95. The molecule has 168 valence electrons. The van der Waals surface area contributed by atoms with E-state index < -0.39 is 0 Å². The van der Waals surface area contributed by atoms with Crippen LogP contribution in [0.3, 0.4) is 0 Å². The van der Waals surface area contributed by atoms with Crippen LogP contribution >= 0.6 is 11.3 Å². The maximum absolute atomic E-state index is 12.7. The fraction of sp³-hybridized carbons (Fsp3) is 0.609. The third kappa shape index (κ3) is 5.36. The van der Waals surface area contributed by atoms with Crippen molar-refractivity contribution in [2.75, 3.05) is 49.1 Å². The van der Waals surface area contributed by atoms with Crippen LogP contribution in [0.15, 0.2) is 18.5 Å². The minimum Gasteiger partial charge on any atom is -0.459 e. The van der Waals surface area contributed by atoms with Crippen molar-refractivity contribution in [3.05, 3.63) is 34.5 Å². The van der Waals surface area contributed by atoms with Crippen LogP contribution < -0.4 is 9.80 Å². The summed E-state index contributed by atoms with van der Waals surface area (Å²) in [5.74, 6) is 0.461. The zero-order valence-corrected chi connectivity index (χ0v) is 19.7. The first kappa shape index (κ1) is 22.0. The van der Waals surface area contributed by atoms with Crippen LogP contribution in [-0.4, -0.2) is 66.2 Å². The van der Waals surface area contributed by atoms with Gasteiger partial charge < -0.3 is 14.5 Å². The van der Waals surface area contributed by atoms with Crippen molar-refractivity contribution >= 4 is 28.3 Å². The zero-order valence-electron chi connectivity index (χ0n) is 18.8. The minimum atomic E-state index is -0.284. The molecule has 2 aromatic heterocycles. The van der Waals surface area contributed by atoms with E-state index >= 15 is 0 Å². The highest BCUT2D eigenvalue weighted by atomic mass is 32.1. The number of hydrogen-bond donors (Lipinski definition) is 0. The Morgan fingerprint density at radius 1 is 1.06 bits per heavy atom. The van der Waals surface area contributed by atoms with Gasteiger partial charge >= 0.3 is 5.97 Å². The summed E-state index contributed by atoms with van der Waals surface area (Å²) in [5, 5.41) is 1.17. The van der Waals surface area contributed by atoms with Gasteiger partial charge in [-0.25, -0.2) is 14.8 Å². The Balaban J connectivity index is 1.37. The normalized spacial score (nSPS) is 17.9. The summed E-state index contributed by atoms with van der Waals surface area (Å²) < 4.78 is 5.48. The van der Waals surface area contributed by atoms with E-state index in [9.17, 15) is 4.79 Å². The molecule has 2 aromatic rings. The second kappa shape index (κ2) is 9.96. The number of pyridine rings is 1. The average Bonchev–Trinajstić information content (AvgIpc) is 3.23. The first-order chi connectivity index (χ1) is 15.0. The lowest BCUT2D eigenvalue weighted by Crippen LogP contribution is -2.46. The van der Waals surface area contributed by atoms with Crippen LogP contribution in [0.1, 0.15) is 53.9 Å². The Hall–Kier alpha value is -2.19. The van der Waals surface area contributed by atoms with E-state index in [1.807, 2.05) is 44.4 Å². The molecule has 31 heavy (non-hydrogen) atoms. The van der Waals surface area contributed by atoms with Gasteiger partial charge in [-0.2, -0.15) is 0 Å². The molecule has 0 unspecified atom stereocenters. The van der Waals surface area contributed by atoms with Crippen molar-refractivity contribution < 1.29 is 9.53 Å². The Labute approximate surface area is 189 Å². The van der Waals surface area contributed by atoms with Crippen LogP contribution in [0.4, 0.5) is 10.9 Å². The third-order valence-electron chi connectivity index (χ3n) is 5.91. The van der Waals surface area contributed by atoms with Crippen LogP contribution in [0.5, 0.6) is 0 Å². The number of ether oxygens (including phenoxy) is 1. The van der Waals surface area contributed by atoms with E-state index in [4.69, 9.17) is 4.74 Å². The van der Waals surface area contributed by atoms with Gasteiger partial charge in [-0.15, -0.1) is 11.3 Å². The predicted molar refractivity (Wildman–Crippen MR) is 125 cm³/mol. The Bertz CT molecular complexity index is 886. The highest BCUT2D eigenvalue weighted by molar-refractivity contribution is 7.15. The lowest BCUT2D eigenvalue weighted by molar-refractivity contribution is 0.0377. The van der Waals surface area contributed by atoms with Crippen LogP contribution in [-0.2, 0) is 11.3 Å². The maximum Gasteiger partial charge on any atom is 0.342 e. The van der Waals surface area contributed by atoms with Crippen LogP contribution in [0, 0.1) is 6.92 Å². The number of piperazine rings is 1. The topological polar surface area (TPSA) is 61.8 Å². The number of aromatic nitrogens is 2. The molecule has 0 N–H and O–H groups in total. The zero-order chi connectivity index (χ0) is 21.8. The lowest BCUT2D eigenvalue weighted by Gasteiger charge is -2.36. The Kier molecular flexibility index (Phi) is 7.07. The molecule has 4 rings (SSSR count). The largest absolute Gasteiger partial charge is 0.459 e. The SMILES string of the molecule is Cc1ccnc(N2CCN(Cc3cnc(N4CCCCC4)s3)CC2)c1C(=O)OC(C)C. The van der Waals surface area contributed by atoms with Crippen LogP contribution in [0.2, 0.25) is 0 Å². The van der Waals surface area contributed by atoms with E-state index in [1.165, 1.54) is 29.3 Å². The van der Waals surface area contributed by atoms with Gasteiger partial charge in [0.2, 0.25) is 0 Å². The molecule has 0 aromatic carbocycles. The molecule has 0 saturated carbocycles. The molecule has 0 spiro atoms. The van der Waals surface area contributed by atoms with E-state index in [1.54, 1.807) is 6.20 Å². The first-order valence-electron chi connectivity index (χ1n) is 11.3. The molecule has 7 nitrogen and oxygen atoms in total. The molecule has 2 fully saturated rings. The predicted octanol–water partition coefficient (Wildman–Crippen LogP) is 3.72. The van der Waals surface area contributed by atoms with E-state index in [0.29, 0.717) is 5.56 Å². The number of esters is 1. The summed E-state index contributed by atoms with van der Waals surface area (Å²) in [6.45, 7) is 12.5. The standard InChI is InChI=1S/C23H33N5O2S/c1-17(2)30-22(29)20-18(3)7-8-24-21(20)27-13-11-26(12-14-27)16-19-15-25-23(31-19)28-9-5-4-6-10-28/h7-8,15,17H,4-6,9-14,16H2,1-3H3. The quantitative estimate of drug-likeness (QED) is 0.631. The molecule has 2 aliphatic heterocycles. The van der Waals surface area contributed by atoms with Gasteiger partial charge in [0.15, 0.2) is 5.13 Å². The lowest BCUT2D eigenvalue weighted by atomic mass is 10.1. The molecule has 2 aliphatic rings.